The normalized spacial score (nSPS) is 23.2. The third kappa shape index (κ3) is 2.82. The predicted octanol–water partition coefficient (Wildman–Crippen LogP) is 1.31. The Morgan fingerprint density at radius 3 is 3.06 bits per heavy atom. The molecule has 0 saturated carbocycles. The maximum absolute atomic E-state index is 12.1. The van der Waals surface area contributed by atoms with Crippen LogP contribution in [-0.4, -0.2) is 21.4 Å². The molecule has 0 aromatic carbocycles. The number of allylic oxidation sites excluding steroid dienone is 1. The van der Waals surface area contributed by atoms with Gasteiger partial charge in [0.2, 0.25) is 0 Å². The molecule has 0 radical (unpaired) electrons. The Labute approximate surface area is 102 Å². The van der Waals surface area contributed by atoms with Gasteiger partial charge in [-0.2, -0.15) is 0 Å². The summed E-state index contributed by atoms with van der Waals surface area (Å²) >= 11 is 0. The molecule has 0 spiro atoms. The van der Waals surface area contributed by atoms with Gasteiger partial charge in [0.15, 0.2) is 0 Å². The van der Waals surface area contributed by atoms with Crippen molar-refractivity contribution >= 4 is 5.78 Å². The zero-order chi connectivity index (χ0) is 12.3. The molecule has 0 saturated heterocycles. The van der Waals surface area contributed by atoms with Gasteiger partial charge in [0.05, 0.1) is 6.42 Å². The zero-order valence-electron chi connectivity index (χ0n) is 10.2. The van der Waals surface area contributed by atoms with Crippen LogP contribution in [-0.2, 0) is 17.8 Å². The number of hydrogen-bond acceptors (Lipinski definition) is 3. The number of ketones is 1. The monoisotopic (exact) mass is 233 g/mol. The van der Waals surface area contributed by atoms with Crippen molar-refractivity contribution in [1.82, 2.24) is 9.55 Å². The van der Waals surface area contributed by atoms with Gasteiger partial charge in [-0.1, -0.05) is 19.1 Å². The molecule has 2 unspecified atom stereocenters. The van der Waals surface area contributed by atoms with Crippen LogP contribution in [0.3, 0.4) is 0 Å². The van der Waals surface area contributed by atoms with Gasteiger partial charge in [0.1, 0.15) is 11.6 Å². The van der Waals surface area contributed by atoms with Crippen molar-refractivity contribution in [3.63, 3.8) is 0 Å². The first kappa shape index (κ1) is 12.0. The van der Waals surface area contributed by atoms with Gasteiger partial charge < -0.3 is 10.3 Å². The summed E-state index contributed by atoms with van der Waals surface area (Å²) in [5.41, 5.74) is 5.75. The molecule has 0 fully saturated rings. The number of rotatable bonds is 5. The average molecular weight is 233 g/mol. The maximum atomic E-state index is 12.1. The summed E-state index contributed by atoms with van der Waals surface area (Å²) in [6, 6.07) is 0.0411. The number of nitrogens with two attached hydrogens (primary N) is 1. The second-order valence-electron chi connectivity index (χ2n) is 4.57. The number of aromatic nitrogens is 2. The van der Waals surface area contributed by atoms with Gasteiger partial charge in [0.25, 0.3) is 0 Å². The van der Waals surface area contributed by atoms with Crippen LogP contribution in [0.4, 0.5) is 0 Å². The summed E-state index contributed by atoms with van der Waals surface area (Å²) in [6.45, 7) is 3.03. The van der Waals surface area contributed by atoms with Crippen LogP contribution in [0, 0.1) is 5.92 Å². The van der Waals surface area contributed by atoms with E-state index in [9.17, 15) is 4.79 Å². The minimum Gasteiger partial charge on any atom is -0.335 e. The standard InChI is InChI=1S/C13H19N3O/c1-2-6-16-7-5-15-13(16)9-12(17)10-3-4-11(14)8-10/h3-5,7,10-11H,2,6,8-9,14H2,1H3. The first-order valence-electron chi connectivity index (χ1n) is 6.17. The van der Waals surface area contributed by atoms with Crippen molar-refractivity contribution in [1.29, 1.82) is 0 Å². The predicted molar refractivity (Wildman–Crippen MR) is 66.5 cm³/mol. The fourth-order valence-corrected chi connectivity index (χ4v) is 2.20. The molecule has 0 bridgehead atoms. The number of aryl methyl sites for hydroxylation is 1. The molecule has 0 amide bonds. The van der Waals surface area contributed by atoms with E-state index < -0.39 is 0 Å². The van der Waals surface area contributed by atoms with Crippen LogP contribution in [0.15, 0.2) is 24.5 Å². The number of Topliss-reactive ketones (excluding diaryl/α,β-unsaturated/α-hetero) is 1. The third-order valence-corrected chi connectivity index (χ3v) is 3.13. The van der Waals surface area contributed by atoms with Gasteiger partial charge in [-0.15, -0.1) is 0 Å². The highest BCUT2D eigenvalue weighted by Gasteiger charge is 2.23. The first-order valence-corrected chi connectivity index (χ1v) is 6.17. The highest BCUT2D eigenvalue weighted by Crippen LogP contribution is 2.19. The van der Waals surface area contributed by atoms with Gasteiger partial charge in [-0.05, 0) is 12.8 Å². The van der Waals surface area contributed by atoms with E-state index in [1.165, 1.54) is 0 Å². The molecule has 0 aliphatic heterocycles. The maximum Gasteiger partial charge on any atom is 0.147 e. The second-order valence-corrected chi connectivity index (χ2v) is 4.57. The van der Waals surface area contributed by atoms with Crippen LogP contribution in [0.2, 0.25) is 0 Å². The molecule has 92 valence electrons. The van der Waals surface area contributed by atoms with Gasteiger partial charge in [-0.25, -0.2) is 4.98 Å². The van der Waals surface area contributed by atoms with E-state index >= 15 is 0 Å². The summed E-state index contributed by atoms with van der Waals surface area (Å²) in [4.78, 5) is 16.3. The molecular formula is C13H19N3O. The minimum atomic E-state index is -0.0169. The lowest BCUT2D eigenvalue weighted by molar-refractivity contribution is -0.121. The Bertz CT molecular complexity index is 422. The number of hydrogen-bond donors (Lipinski definition) is 1. The molecule has 4 heteroatoms. The van der Waals surface area contributed by atoms with E-state index in [4.69, 9.17) is 5.73 Å². The van der Waals surface area contributed by atoms with Crippen molar-refractivity contribution < 1.29 is 4.79 Å². The van der Waals surface area contributed by atoms with Gasteiger partial charge in [-0.3, -0.25) is 4.79 Å². The van der Waals surface area contributed by atoms with Crippen LogP contribution in [0.1, 0.15) is 25.6 Å². The summed E-state index contributed by atoms with van der Waals surface area (Å²) in [6.07, 6.45) is 9.74. The van der Waals surface area contributed by atoms with E-state index in [2.05, 4.69) is 16.5 Å². The van der Waals surface area contributed by atoms with Crippen molar-refractivity contribution in [3.8, 4) is 0 Å². The lowest BCUT2D eigenvalue weighted by Crippen LogP contribution is -2.21. The van der Waals surface area contributed by atoms with Crippen molar-refractivity contribution in [2.45, 2.75) is 38.8 Å². The van der Waals surface area contributed by atoms with Crippen LogP contribution in [0.25, 0.3) is 0 Å². The van der Waals surface area contributed by atoms with E-state index in [-0.39, 0.29) is 17.7 Å². The number of carbonyl (C=O) groups is 1. The number of nitrogens with zero attached hydrogens (tertiary/aromatic N) is 2. The Morgan fingerprint density at radius 1 is 1.59 bits per heavy atom. The summed E-state index contributed by atoms with van der Waals surface area (Å²) in [7, 11) is 0. The van der Waals surface area contributed by atoms with Crippen LogP contribution < -0.4 is 5.73 Å². The minimum absolute atomic E-state index is 0.0169. The van der Waals surface area contributed by atoms with Crippen molar-refractivity contribution in [3.05, 3.63) is 30.4 Å². The molecule has 1 heterocycles. The fraction of sp³-hybridized carbons (Fsp3) is 0.538. The highest BCUT2D eigenvalue weighted by atomic mass is 16.1. The molecule has 17 heavy (non-hydrogen) atoms. The van der Waals surface area contributed by atoms with Crippen LogP contribution >= 0.6 is 0 Å². The topological polar surface area (TPSA) is 60.9 Å². The third-order valence-electron chi connectivity index (χ3n) is 3.13. The van der Waals surface area contributed by atoms with E-state index in [0.717, 1.165) is 25.2 Å². The Morgan fingerprint density at radius 2 is 2.41 bits per heavy atom. The summed E-state index contributed by atoms with van der Waals surface area (Å²) in [5, 5.41) is 0. The smallest absolute Gasteiger partial charge is 0.147 e. The fourth-order valence-electron chi connectivity index (χ4n) is 2.20. The van der Waals surface area contributed by atoms with E-state index in [1.54, 1.807) is 6.20 Å². The zero-order valence-corrected chi connectivity index (χ0v) is 10.2. The lowest BCUT2D eigenvalue weighted by Gasteiger charge is -2.09. The molecule has 4 nitrogen and oxygen atoms in total. The van der Waals surface area contributed by atoms with Gasteiger partial charge in [0, 0.05) is 30.9 Å². The van der Waals surface area contributed by atoms with Crippen LogP contribution in [0.5, 0.6) is 0 Å². The van der Waals surface area contributed by atoms with Crippen molar-refractivity contribution in [2.75, 3.05) is 0 Å². The van der Waals surface area contributed by atoms with E-state index in [0.29, 0.717) is 6.42 Å². The van der Waals surface area contributed by atoms with Gasteiger partial charge >= 0.3 is 0 Å². The molecule has 1 aliphatic rings. The average Bonchev–Trinajstić information content (AvgIpc) is 2.89. The molecule has 1 aliphatic carbocycles. The molecule has 2 N–H and O–H groups in total. The summed E-state index contributed by atoms with van der Waals surface area (Å²) in [5.74, 6) is 1.07. The second kappa shape index (κ2) is 5.27. The molecule has 1 aromatic rings. The molecule has 1 aromatic heterocycles. The quantitative estimate of drug-likeness (QED) is 0.780. The largest absolute Gasteiger partial charge is 0.335 e. The lowest BCUT2D eigenvalue weighted by atomic mass is 10.00. The molecule has 2 rings (SSSR count). The number of imidazole rings is 1. The van der Waals surface area contributed by atoms with Crippen molar-refractivity contribution in [2.24, 2.45) is 11.7 Å². The van der Waals surface area contributed by atoms with E-state index in [1.807, 2.05) is 18.3 Å². The Hall–Kier alpha value is -1.42. The molecular weight excluding hydrogens is 214 g/mol. The highest BCUT2D eigenvalue weighted by molar-refractivity contribution is 5.84. The Kier molecular flexibility index (Phi) is 3.74. The number of carbonyl (C=O) groups excluding carboxylic acids is 1. The summed E-state index contributed by atoms with van der Waals surface area (Å²) < 4.78 is 2.05. The SMILES string of the molecule is CCCn1ccnc1CC(=O)C1C=CC(N)C1. The molecule has 2 atom stereocenters. The Balaban J connectivity index is 1.98. The first-order chi connectivity index (χ1) is 8.20.